The summed E-state index contributed by atoms with van der Waals surface area (Å²) in [5.41, 5.74) is 2.92. The maximum absolute atomic E-state index is 13.7. The average Bonchev–Trinajstić information content (AvgIpc) is 3.15. The molecule has 2 aromatic rings. The summed E-state index contributed by atoms with van der Waals surface area (Å²) in [6.07, 6.45) is 1.49. The Morgan fingerprint density at radius 2 is 1.62 bits per heavy atom. The van der Waals surface area contributed by atoms with Gasteiger partial charge in [0.25, 0.3) is 0 Å². The van der Waals surface area contributed by atoms with Gasteiger partial charge >= 0.3 is 0 Å². The predicted octanol–water partition coefficient (Wildman–Crippen LogP) is 3.18. The zero-order chi connectivity index (χ0) is 20.4. The third-order valence-electron chi connectivity index (χ3n) is 6.65. The third kappa shape index (κ3) is 3.94. The minimum atomic E-state index is -0.544. The van der Waals surface area contributed by atoms with E-state index in [0.29, 0.717) is 0 Å². The van der Waals surface area contributed by atoms with Crippen LogP contribution in [0.3, 0.4) is 0 Å². The zero-order valence-corrected chi connectivity index (χ0v) is 17.3. The first-order valence-corrected chi connectivity index (χ1v) is 10.6. The largest absolute Gasteiger partial charge is 0.348 e. The maximum atomic E-state index is 13.7. The Labute approximate surface area is 172 Å². The highest BCUT2D eigenvalue weighted by atomic mass is 19.1. The Morgan fingerprint density at radius 1 is 1.03 bits per heavy atom. The van der Waals surface area contributed by atoms with Crippen LogP contribution < -0.4 is 5.32 Å². The van der Waals surface area contributed by atoms with Crippen LogP contribution in [0.2, 0.25) is 0 Å². The Kier molecular flexibility index (Phi) is 5.70. The van der Waals surface area contributed by atoms with Gasteiger partial charge in [0.1, 0.15) is 11.4 Å². The molecule has 1 amide bonds. The van der Waals surface area contributed by atoms with Gasteiger partial charge in [-0.05, 0) is 42.3 Å². The zero-order valence-electron chi connectivity index (χ0n) is 17.3. The van der Waals surface area contributed by atoms with Gasteiger partial charge in [-0.1, -0.05) is 43.3 Å². The van der Waals surface area contributed by atoms with Gasteiger partial charge in [-0.15, -0.1) is 0 Å². The Morgan fingerprint density at radius 3 is 2.17 bits per heavy atom. The summed E-state index contributed by atoms with van der Waals surface area (Å²) < 4.78 is 13.3. The van der Waals surface area contributed by atoms with Crippen molar-refractivity contribution in [2.24, 2.45) is 0 Å². The lowest BCUT2D eigenvalue weighted by atomic mass is 9.90. The fourth-order valence-corrected chi connectivity index (χ4v) is 4.78. The van der Waals surface area contributed by atoms with E-state index in [1.54, 1.807) is 12.1 Å². The molecular formula is C24H30FN3O. The highest BCUT2D eigenvalue weighted by Gasteiger charge is 2.49. The van der Waals surface area contributed by atoms with Gasteiger partial charge in [0, 0.05) is 39.0 Å². The second-order valence-electron chi connectivity index (χ2n) is 8.32. The van der Waals surface area contributed by atoms with Gasteiger partial charge in [-0.2, -0.15) is 0 Å². The molecule has 0 saturated carbocycles. The fraction of sp³-hybridized carbons (Fsp3) is 0.458. The van der Waals surface area contributed by atoms with E-state index in [-0.39, 0.29) is 17.8 Å². The average molecular weight is 396 g/mol. The van der Waals surface area contributed by atoms with Crippen LogP contribution in [0.15, 0.2) is 48.5 Å². The van der Waals surface area contributed by atoms with Crippen molar-refractivity contribution in [2.45, 2.75) is 38.3 Å². The van der Waals surface area contributed by atoms with E-state index >= 15 is 0 Å². The topological polar surface area (TPSA) is 35.6 Å². The van der Waals surface area contributed by atoms with E-state index in [4.69, 9.17) is 0 Å². The van der Waals surface area contributed by atoms with E-state index in [9.17, 15) is 9.18 Å². The molecular weight excluding hydrogens is 365 g/mol. The minimum absolute atomic E-state index is 0.0791. The molecule has 1 unspecified atom stereocenters. The normalized spacial score (nSPS) is 20.2. The maximum Gasteiger partial charge on any atom is 0.241 e. The van der Waals surface area contributed by atoms with E-state index < -0.39 is 5.54 Å². The van der Waals surface area contributed by atoms with Crippen LogP contribution in [0, 0.1) is 5.82 Å². The van der Waals surface area contributed by atoms with Crippen LogP contribution >= 0.6 is 0 Å². The van der Waals surface area contributed by atoms with Gasteiger partial charge in [-0.3, -0.25) is 9.69 Å². The van der Waals surface area contributed by atoms with Gasteiger partial charge in [0.15, 0.2) is 0 Å². The molecule has 0 spiro atoms. The van der Waals surface area contributed by atoms with Gasteiger partial charge in [0.05, 0.1) is 6.04 Å². The summed E-state index contributed by atoms with van der Waals surface area (Å²) in [6, 6.07) is 14.6. The first-order chi connectivity index (χ1) is 14.0. The number of hydrogen-bond donors (Lipinski definition) is 1. The molecule has 154 valence electrons. The quantitative estimate of drug-likeness (QED) is 0.845. The number of hydrogen-bond acceptors (Lipinski definition) is 3. The second-order valence-corrected chi connectivity index (χ2v) is 8.32. The van der Waals surface area contributed by atoms with Crippen LogP contribution in [0.4, 0.5) is 4.39 Å². The molecule has 0 aromatic heterocycles. The predicted molar refractivity (Wildman–Crippen MR) is 113 cm³/mol. The van der Waals surface area contributed by atoms with Crippen molar-refractivity contribution in [1.82, 2.24) is 15.1 Å². The van der Waals surface area contributed by atoms with Crippen LogP contribution in [0.5, 0.6) is 0 Å². The van der Waals surface area contributed by atoms with Crippen LogP contribution in [0.25, 0.3) is 0 Å². The highest BCUT2D eigenvalue weighted by molar-refractivity contribution is 5.88. The molecule has 4 nitrogen and oxygen atoms in total. The number of halogens is 1. The smallest absolute Gasteiger partial charge is 0.241 e. The molecule has 1 aliphatic heterocycles. The number of likely N-dealkylation sites (N-methyl/N-ethyl adjacent to an activating group) is 1. The number of amides is 1. The number of piperazine rings is 1. The number of benzene rings is 2. The van der Waals surface area contributed by atoms with E-state index in [2.05, 4.69) is 46.3 Å². The monoisotopic (exact) mass is 395 g/mol. The molecule has 1 saturated heterocycles. The Hall–Kier alpha value is -2.24. The molecule has 29 heavy (non-hydrogen) atoms. The first-order valence-electron chi connectivity index (χ1n) is 10.6. The molecule has 1 N–H and O–H groups in total. The summed E-state index contributed by atoms with van der Waals surface area (Å²) in [5.74, 6) is -0.181. The number of nitrogens with one attached hydrogen (secondary N) is 1. The minimum Gasteiger partial charge on any atom is -0.348 e. The molecule has 2 aliphatic rings. The Balaban J connectivity index is 1.57. The highest BCUT2D eigenvalue weighted by Crippen LogP contribution is 2.36. The SMILES string of the molecule is CCN1CCN(C2(C(=O)NC(C)c3ccc(F)cc3)Cc3ccccc3C2)CC1. The molecule has 0 radical (unpaired) electrons. The molecule has 1 fully saturated rings. The molecule has 1 atom stereocenters. The van der Waals surface area contributed by atoms with Crippen molar-refractivity contribution >= 4 is 5.91 Å². The lowest BCUT2D eigenvalue weighted by Gasteiger charge is -2.45. The number of rotatable bonds is 5. The first kappa shape index (κ1) is 20.0. The van der Waals surface area contributed by atoms with E-state index in [1.165, 1.54) is 23.3 Å². The number of fused-ring (bicyclic) bond motifs is 1. The molecule has 1 aliphatic carbocycles. The van der Waals surface area contributed by atoms with Crippen molar-refractivity contribution < 1.29 is 9.18 Å². The summed E-state index contributed by atoms with van der Waals surface area (Å²) in [5, 5.41) is 3.24. The summed E-state index contributed by atoms with van der Waals surface area (Å²) >= 11 is 0. The fourth-order valence-electron chi connectivity index (χ4n) is 4.78. The molecule has 1 heterocycles. The lowest BCUT2D eigenvalue weighted by molar-refractivity contribution is -0.135. The molecule has 4 rings (SSSR count). The second kappa shape index (κ2) is 8.25. The van der Waals surface area contributed by atoms with Crippen molar-refractivity contribution in [3.63, 3.8) is 0 Å². The van der Waals surface area contributed by atoms with Crippen molar-refractivity contribution in [1.29, 1.82) is 0 Å². The van der Waals surface area contributed by atoms with Crippen LogP contribution in [-0.4, -0.2) is 54.0 Å². The van der Waals surface area contributed by atoms with Crippen molar-refractivity contribution in [2.75, 3.05) is 32.7 Å². The number of carbonyl (C=O) groups is 1. The van der Waals surface area contributed by atoms with Gasteiger partial charge in [-0.25, -0.2) is 4.39 Å². The van der Waals surface area contributed by atoms with E-state index in [1.807, 2.05) is 6.92 Å². The molecule has 0 bridgehead atoms. The Bertz CT molecular complexity index is 834. The van der Waals surface area contributed by atoms with Gasteiger partial charge < -0.3 is 10.2 Å². The van der Waals surface area contributed by atoms with Crippen LogP contribution in [0.1, 0.15) is 36.6 Å². The summed E-state index contributed by atoms with van der Waals surface area (Å²) in [6.45, 7) is 9.00. The molecule has 5 heteroatoms. The van der Waals surface area contributed by atoms with Gasteiger partial charge in [0.2, 0.25) is 5.91 Å². The molecule has 2 aromatic carbocycles. The number of carbonyl (C=O) groups excluding carboxylic acids is 1. The third-order valence-corrected chi connectivity index (χ3v) is 6.65. The lowest BCUT2D eigenvalue weighted by Crippen LogP contribution is -2.64. The summed E-state index contributed by atoms with van der Waals surface area (Å²) in [7, 11) is 0. The van der Waals surface area contributed by atoms with Crippen LogP contribution in [-0.2, 0) is 17.6 Å². The number of nitrogens with zero attached hydrogens (tertiary/aromatic N) is 2. The standard InChI is InChI=1S/C24H30FN3O/c1-3-27-12-14-28(15-13-27)24(16-20-6-4-5-7-21(20)17-24)23(29)26-18(2)19-8-10-22(25)11-9-19/h4-11,18H,3,12-17H2,1-2H3,(H,26,29). The van der Waals surface area contributed by atoms with Crippen molar-refractivity contribution in [3.05, 3.63) is 71.0 Å². The van der Waals surface area contributed by atoms with E-state index in [0.717, 1.165) is 51.1 Å². The summed E-state index contributed by atoms with van der Waals surface area (Å²) in [4.78, 5) is 18.5. The van der Waals surface area contributed by atoms with Crippen molar-refractivity contribution in [3.8, 4) is 0 Å².